The van der Waals surface area contributed by atoms with E-state index in [2.05, 4.69) is 58.7 Å². The molecule has 8 aromatic rings. The van der Waals surface area contributed by atoms with Gasteiger partial charge >= 0.3 is 0 Å². The third-order valence-corrected chi connectivity index (χ3v) is 16.3. The maximum absolute atomic E-state index is 12.3. The van der Waals surface area contributed by atoms with Gasteiger partial charge in [0.2, 0.25) is 5.13 Å². The van der Waals surface area contributed by atoms with Crippen molar-refractivity contribution in [2.24, 2.45) is 10.2 Å². The predicted octanol–water partition coefficient (Wildman–Crippen LogP) is 14.6. The van der Waals surface area contributed by atoms with Crippen LogP contribution in [-0.4, -0.2) is 48.2 Å². The highest BCUT2D eigenvalue weighted by molar-refractivity contribution is 7.94. The molecule has 0 aliphatic heterocycles. The Labute approximate surface area is 444 Å². The molecule has 4 N–H and O–H groups in total. The predicted molar refractivity (Wildman–Crippen MR) is 289 cm³/mol. The summed E-state index contributed by atoms with van der Waals surface area (Å²) in [6.07, 6.45) is 2.46. The van der Waals surface area contributed by atoms with E-state index in [1.165, 1.54) is 39.5 Å². The van der Waals surface area contributed by atoms with E-state index in [9.17, 15) is 23.5 Å². The number of azo groups is 1. The number of hydrogen-bond acceptors (Lipinski definition) is 21. The van der Waals surface area contributed by atoms with Gasteiger partial charge in [-0.15, -0.1) is 18.9 Å². The summed E-state index contributed by atoms with van der Waals surface area (Å²) in [6.45, 7) is 20.0. The number of hydrogen-bond donors (Lipinski definition) is 4. The zero-order chi connectivity index (χ0) is 53.2. The van der Waals surface area contributed by atoms with Crippen LogP contribution >= 0.6 is 46.8 Å². The van der Waals surface area contributed by atoms with Crippen LogP contribution in [0.4, 0.5) is 39.6 Å². The van der Waals surface area contributed by atoms with Gasteiger partial charge in [0.15, 0.2) is 16.8 Å². The summed E-state index contributed by atoms with van der Waals surface area (Å²) in [4.78, 5) is 18.5. The van der Waals surface area contributed by atoms with E-state index in [1.54, 1.807) is 18.2 Å². The lowest BCUT2D eigenvalue weighted by molar-refractivity contribution is -0.432. The molecule has 24 heteroatoms. The molecule has 4 aromatic carbocycles. The second-order valence-corrected chi connectivity index (χ2v) is 23.0. The number of thiazole rings is 2. The number of nitrogens with one attached hydrogen (secondary N) is 1. The first kappa shape index (κ1) is 54.3. The van der Waals surface area contributed by atoms with Crippen LogP contribution in [-0.2, 0) is 60.0 Å². The number of aromatic nitrogens is 5. The zero-order valence-electron chi connectivity index (χ0n) is 42.0. The van der Waals surface area contributed by atoms with Crippen LogP contribution < -0.4 is 10.2 Å². The lowest BCUT2D eigenvalue weighted by Gasteiger charge is -2.28. The highest BCUT2D eigenvalue weighted by Gasteiger charge is 2.31. The Balaban J connectivity index is 1.41. The van der Waals surface area contributed by atoms with Crippen LogP contribution in [0.2, 0.25) is 0 Å². The molecule has 0 saturated heterocycles. The lowest BCUT2D eigenvalue weighted by Crippen LogP contribution is -2.17. The molecule has 4 aromatic heterocycles. The fourth-order valence-corrected chi connectivity index (χ4v) is 12.3. The molecule has 0 saturated carbocycles. The number of nitrogens with zero attached hydrogens (tertiary/aromatic N) is 9. The molecule has 0 bridgehead atoms. The van der Waals surface area contributed by atoms with Crippen molar-refractivity contribution in [3.8, 4) is 11.2 Å². The van der Waals surface area contributed by atoms with Crippen molar-refractivity contribution >= 4 is 117 Å². The molecule has 0 fully saturated rings. The van der Waals surface area contributed by atoms with Gasteiger partial charge in [0, 0.05) is 20.9 Å². The summed E-state index contributed by atoms with van der Waals surface area (Å²) >= 11 is 4.25. The number of aryl methyl sites for hydroxylation is 6. The standard InChI is InChI=1S/C50H52N10O9S5/c1-11-29-21-28(7)44(73-69-67-62)34(14-4)42(29)55-46-41(56-57-47-35(25-51)45(50(8,9)10)58-60(47)49-53-36-17-15-32(72-68-66-61)23-38(36)71-49)27(6)22-40(54-46)59(43-30(12-2)19-26(5)20-31(43)13-3)48-52-37-18-16-33(74(63,64)65)24-39(37)70-48/h15-24,61-62H,11-14H2,1-10H3,(H,54,55)(H,63,64,65). The first-order valence-electron chi connectivity index (χ1n) is 23.3. The van der Waals surface area contributed by atoms with Gasteiger partial charge in [0.25, 0.3) is 10.1 Å². The van der Waals surface area contributed by atoms with Gasteiger partial charge in [0.05, 0.1) is 60.8 Å². The Morgan fingerprint density at radius 1 is 0.811 bits per heavy atom. The van der Waals surface area contributed by atoms with E-state index >= 15 is 0 Å². The third-order valence-electron chi connectivity index (χ3n) is 12.0. The fourth-order valence-electron chi connectivity index (χ4n) is 8.64. The molecule has 386 valence electrons. The molecule has 0 unspecified atom stereocenters. The number of rotatable bonds is 19. The van der Waals surface area contributed by atoms with E-state index < -0.39 is 15.5 Å². The fraction of sp³-hybridized carbons (Fsp3) is 0.300. The third kappa shape index (κ3) is 11.1. The molecular formula is C50H52N10O9S5. The minimum Gasteiger partial charge on any atom is -0.338 e. The molecule has 8 rings (SSSR count). The molecule has 0 aliphatic carbocycles. The van der Waals surface area contributed by atoms with Crippen LogP contribution in [0.25, 0.3) is 25.6 Å². The Morgan fingerprint density at radius 3 is 2.11 bits per heavy atom. The summed E-state index contributed by atoms with van der Waals surface area (Å²) in [6, 6.07) is 20.2. The summed E-state index contributed by atoms with van der Waals surface area (Å²) in [7, 11) is -4.52. The van der Waals surface area contributed by atoms with Gasteiger partial charge in [-0.1, -0.05) is 105 Å². The average molecular weight is 1100 g/mol. The van der Waals surface area contributed by atoms with Crippen LogP contribution in [0, 0.1) is 32.1 Å². The van der Waals surface area contributed by atoms with Crippen molar-refractivity contribution in [1.82, 2.24) is 24.7 Å². The van der Waals surface area contributed by atoms with Crippen LogP contribution in [0.5, 0.6) is 0 Å². The Morgan fingerprint density at radius 2 is 1.47 bits per heavy atom. The van der Waals surface area contributed by atoms with Crippen molar-refractivity contribution in [2.75, 3.05) is 10.2 Å². The highest BCUT2D eigenvalue weighted by Crippen LogP contribution is 2.47. The summed E-state index contributed by atoms with van der Waals surface area (Å²) in [5, 5.41) is 56.1. The van der Waals surface area contributed by atoms with Crippen molar-refractivity contribution < 1.29 is 42.2 Å². The van der Waals surface area contributed by atoms with Crippen molar-refractivity contribution in [3.05, 3.63) is 111 Å². The van der Waals surface area contributed by atoms with E-state index in [1.807, 2.05) is 71.6 Å². The van der Waals surface area contributed by atoms with Gasteiger partial charge in [-0.2, -0.15) is 23.5 Å². The van der Waals surface area contributed by atoms with Gasteiger partial charge in [-0.3, -0.25) is 9.45 Å². The number of benzene rings is 4. The van der Waals surface area contributed by atoms with Crippen molar-refractivity contribution in [2.45, 2.75) is 115 Å². The Bertz CT molecular complexity index is 3600. The molecule has 0 spiro atoms. The lowest BCUT2D eigenvalue weighted by atomic mass is 9.90. The number of pyridine rings is 1. The van der Waals surface area contributed by atoms with E-state index in [4.69, 9.17) is 39.9 Å². The average Bonchev–Trinajstić information content (AvgIpc) is 4.10. The second-order valence-electron chi connectivity index (χ2n) is 18.0. The smallest absolute Gasteiger partial charge is 0.294 e. The quantitative estimate of drug-likeness (QED) is 0.0193. The minimum atomic E-state index is -4.52. The number of nitriles is 1. The van der Waals surface area contributed by atoms with Crippen LogP contribution in [0.1, 0.15) is 98.7 Å². The summed E-state index contributed by atoms with van der Waals surface area (Å²) < 4.78 is 47.1. The van der Waals surface area contributed by atoms with E-state index in [0.717, 1.165) is 67.9 Å². The normalized spacial score (nSPS) is 12.2. The van der Waals surface area contributed by atoms with Gasteiger partial charge in [0.1, 0.15) is 23.1 Å². The van der Waals surface area contributed by atoms with E-state index in [0.29, 0.717) is 89.9 Å². The van der Waals surface area contributed by atoms with Gasteiger partial charge in [-0.05, 0) is 122 Å². The molecule has 0 aliphatic rings. The molecule has 74 heavy (non-hydrogen) atoms. The Hall–Kier alpha value is -5.92. The van der Waals surface area contributed by atoms with Crippen LogP contribution in [0.3, 0.4) is 0 Å². The molecule has 0 atom stereocenters. The first-order chi connectivity index (χ1) is 35.3. The van der Waals surface area contributed by atoms with Gasteiger partial charge in [-0.25, -0.2) is 25.5 Å². The number of fused-ring (bicyclic) bond motifs is 2. The molecule has 19 nitrogen and oxygen atoms in total. The Kier molecular flexibility index (Phi) is 16.5. The van der Waals surface area contributed by atoms with Crippen molar-refractivity contribution in [3.63, 3.8) is 0 Å². The summed E-state index contributed by atoms with van der Waals surface area (Å²) in [5.74, 6) is 0.869. The highest BCUT2D eigenvalue weighted by atomic mass is 32.2. The monoisotopic (exact) mass is 1100 g/mol. The molecule has 0 radical (unpaired) electrons. The summed E-state index contributed by atoms with van der Waals surface area (Å²) in [5.41, 5.74) is 9.58. The first-order valence-corrected chi connectivity index (χ1v) is 27.8. The molecular weight excluding hydrogens is 1040 g/mol. The molecule has 0 amide bonds. The maximum atomic E-state index is 12.3. The van der Waals surface area contributed by atoms with Crippen LogP contribution in [0.15, 0.2) is 85.6 Å². The second kappa shape index (κ2) is 22.5. The topological polar surface area (TPSA) is 252 Å². The zero-order valence-corrected chi connectivity index (χ0v) is 46.0. The minimum absolute atomic E-state index is 0.136. The van der Waals surface area contributed by atoms with E-state index in [-0.39, 0.29) is 22.1 Å². The SMILES string of the molecule is CCc1cc(C)c(SOOO)c(CC)c1Nc1nc(N(c2nc3ccc(S(=O)(=O)O)cc3s2)c2c(CC)cc(C)cc2CC)cc(C)c1N=Nc1c(C#N)c(C(C)(C)C)nn1-c1nc2ccc(SOOO)cc2s1. The number of anilines is 5. The molecule has 4 heterocycles. The largest absolute Gasteiger partial charge is 0.338 e. The maximum Gasteiger partial charge on any atom is 0.294 e. The van der Waals surface area contributed by atoms with Gasteiger partial charge < -0.3 is 5.32 Å². The van der Waals surface area contributed by atoms with Crippen molar-refractivity contribution in [1.29, 1.82) is 5.26 Å².